The van der Waals surface area contributed by atoms with Gasteiger partial charge in [-0.05, 0) is 62.4 Å². The number of nitrogens with zero attached hydrogens (tertiary/aromatic N) is 1. The maximum atomic E-state index is 3.46. The van der Waals surface area contributed by atoms with Crippen LogP contribution >= 0.6 is 0 Å². The standard InChI is InChI=1S/C22H32N2/c1-2-4-8-18(7-3-1)11-14-24-15-12-19(13-16-24)21-17-23-22-10-6-5-9-20(21)22/h5-6,9-10,17-19,23H,1-4,7-8,11-16H2. The summed E-state index contributed by atoms with van der Waals surface area (Å²) in [5.74, 6) is 1.76. The van der Waals surface area contributed by atoms with E-state index >= 15 is 0 Å². The number of aromatic amines is 1. The Kier molecular flexibility index (Phi) is 5.22. The summed E-state index contributed by atoms with van der Waals surface area (Å²) in [6.45, 7) is 3.92. The SMILES string of the molecule is c1ccc2c(C3CCN(CCC4CCCCCC4)CC3)c[nH]c2c1. The summed E-state index contributed by atoms with van der Waals surface area (Å²) in [5.41, 5.74) is 2.84. The van der Waals surface area contributed by atoms with E-state index in [9.17, 15) is 0 Å². The fourth-order valence-electron chi connectivity index (χ4n) is 4.92. The van der Waals surface area contributed by atoms with E-state index in [0.717, 1.165) is 11.8 Å². The number of rotatable bonds is 4. The number of aromatic nitrogens is 1. The van der Waals surface area contributed by atoms with Gasteiger partial charge in [0.25, 0.3) is 0 Å². The van der Waals surface area contributed by atoms with Crippen molar-refractivity contribution >= 4 is 10.9 Å². The lowest BCUT2D eigenvalue weighted by Crippen LogP contribution is -2.34. The third-order valence-electron chi connectivity index (χ3n) is 6.48. The summed E-state index contributed by atoms with van der Waals surface area (Å²) in [6, 6.07) is 8.76. The molecule has 0 atom stereocenters. The zero-order chi connectivity index (χ0) is 16.2. The number of hydrogen-bond acceptors (Lipinski definition) is 1. The van der Waals surface area contributed by atoms with E-state index in [1.807, 2.05) is 0 Å². The summed E-state index contributed by atoms with van der Waals surface area (Å²) in [5, 5.41) is 1.44. The molecule has 24 heavy (non-hydrogen) atoms. The maximum Gasteiger partial charge on any atom is 0.0456 e. The minimum atomic E-state index is 0.746. The van der Waals surface area contributed by atoms with Crippen molar-refractivity contribution < 1.29 is 0 Å². The Balaban J connectivity index is 1.29. The molecule has 1 aliphatic heterocycles. The largest absolute Gasteiger partial charge is 0.361 e. The average molecular weight is 325 g/mol. The molecule has 2 nitrogen and oxygen atoms in total. The number of H-pyrrole nitrogens is 1. The number of nitrogens with one attached hydrogen (secondary N) is 1. The van der Waals surface area contributed by atoms with E-state index in [1.165, 1.54) is 88.3 Å². The topological polar surface area (TPSA) is 19.0 Å². The van der Waals surface area contributed by atoms with Crippen molar-refractivity contribution in [1.82, 2.24) is 9.88 Å². The molecule has 4 rings (SSSR count). The molecule has 1 N–H and O–H groups in total. The Hall–Kier alpha value is -1.28. The predicted octanol–water partition coefficient (Wildman–Crippen LogP) is 5.71. The average Bonchev–Trinajstić information content (AvgIpc) is 2.88. The van der Waals surface area contributed by atoms with Gasteiger partial charge in [-0.15, -0.1) is 0 Å². The van der Waals surface area contributed by atoms with E-state index in [0.29, 0.717) is 0 Å². The predicted molar refractivity (Wildman–Crippen MR) is 103 cm³/mol. The second-order valence-electron chi connectivity index (χ2n) is 8.05. The first-order chi connectivity index (χ1) is 11.9. The fourth-order valence-corrected chi connectivity index (χ4v) is 4.92. The lowest BCUT2D eigenvalue weighted by atomic mass is 9.88. The van der Waals surface area contributed by atoms with Gasteiger partial charge in [-0.3, -0.25) is 0 Å². The van der Waals surface area contributed by atoms with Crippen LogP contribution in [0.1, 0.15) is 69.3 Å². The van der Waals surface area contributed by atoms with Gasteiger partial charge < -0.3 is 9.88 Å². The van der Waals surface area contributed by atoms with Gasteiger partial charge in [0, 0.05) is 17.1 Å². The smallest absolute Gasteiger partial charge is 0.0456 e. The minimum absolute atomic E-state index is 0.746. The van der Waals surface area contributed by atoms with Gasteiger partial charge in [0.15, 0.2) is 0 Å². The van der Waals surface area contributed by atoms with Gasteiger partial charge >= 0.3 is 0 Å². The number of para-hydroxylation sites is 1. The van der Waals surface area contributed by atoms with Crippen molar-refractivity contribution in [1.29, 1.82) is 0 Å². The maximum absolute atomic E-state index is 3.46. The van der Waals surface area contributed by atoms with Gasteiger partial charge in [-0.25, -0.2) is 0 Å². The first-order valence-electron chi connectivity index (χ1n) is 10.2. The summed E-state index contributed by atoms with van der Waals surface area (Å²) in [7, 11) is 0. The molecule has 0 unspecified atom stereocenters. The van der Waals surface area contributed by atoms with E-state index in [1.54, 1.807) is 5.56 Å². The first kappa shape index (κ1) is 16.2. The van der Waals surface area contributed by atoms with Crippen LogP contribution < -0.4 is 0 Å². The van der Waals surface area contributed by atoms with Crippen molar-refractivity contribution in [3.63, 3.8) is 0 Å². The van der Waals surface area contributed by atoms with Gasteiger partial charge in [0.05, 0.1) is 0 Å². The molecular formula is C22H32N2. The van der Waals surface area contributed by atoms with E-state index in [4.69, 9.17) is 0 Å². The molecule has 0 bridgehead atoms. The number of likely N-dealkylation sites (tertiary alicyclic amines) is 1. The van der Waals surface area contributed by atoms with Gasteiger partial charge in [-0.2, -0.15) is 0 Å². The molecule has 0 radical (unpaired) electrons. The molecule has 2 aliphatic rings. The molecule has 1 saturated heterocycles. The van der Waals surface area contributed by atoms with E-state index in [-0.39, 0.29) is 0 Å². The van der Waals surface area contributed by atoms with Crippen molar-refractivity contribution in [3.8, 4) is 0 Å². The molecule has 1 aromatic carbocycles. The quantitative estimate of drug-likeness (QED) is 0.714. The zero-order valence-corrected chi connectivity index (χ0v) is 15.0. The Morgan fingerprint density at radius 2 is 1.67 bits per heavy atom. The van der Waals surface area contributed by atoms with Crippen LogP contribution in [-0.2, 0) is 0 Å². The van der Waals surface area contributed by atoms with Crippen LogP contribution in [0, 0.1) is 5.92 Å². The Morgan fingerprint density at radius 1 is 0.917 bits per heavy atom. The molecule has 130 valence electrons. The summed E-state index contributed by atoms with van der Waals surface area (Å²) in [4.78, 5) is 6.19. The normalized spacial score (nSPS) is 22.0. The molecule has 2 heterocycles. The van der Waals surface area contributed by atoms with E-state index < -0.39 is 0 Å². The van der Waals surface area contributed by atoms with Crippen LogP contribution in [0.2, 0.25) is 0 Å². The summed E-state index contributed by atoms with van der Waals surface area (Å²) < 4.78 is 0. The second kappa shape index (κ2) is 7.74. The lowest BCUT2D eigenvalue weighted by molar-refractivity contribution is 0.195. The summed E-state index contributed by atoms with van der Waals surface area (Å²) >= 11 is 0. The van der Waals surface area contributed by atoms with Crippen LogP contribution in [-0.4, -0.2) is 29.5 Å². The van der Waals surface area contributed by atoms with Gasteiger partial charge in [0.1, 0.15) is 0 Å². The Labute approximate surface area is 146 Å². The molecular weight excluding hydrogens is 292 g/mol. The van der Waals surface area contributed by atoms with Crippen LogP contribution in [0.15, 0.2) is 30.5 Å². The number of piperidine rings is 1. The molecule has 0 spiro atoms. The van der Waals surface area contributed by atoms with Crippen LogP contribution in [0.25, 0.3) is 10.9 Å². The number of fused-ring (bicyclic) bond motifs is 1. The lowest BCUT2D eigenvalue weighted by Gasteiger charge is -2.32. The highest BCUT2D eigenvalue weighted by molar-refractivity contribution is 5.83. The van der Waals surface area contributed by atoms with Crippen molar-refractivity contribution in [2.75, 3.05) is 19.6 Å². The Morgan fingerprint density at radius 3 is 2.46 bits per heavy atom. The van der Waals surface area contributed by atoms with Crippen molar-refractivity contribution in [2.45, 2.75) is 63.7 Å². The highest BCUT2D eigenvalue weighted by Gasteiger charge is 2.23. The zero-order valence-electron chi connectivity index (χ0n) is 15.0. The molecule has 0 amide bonds. The monoisotopic (exact) mass is 324 g/mol. The highest BCUT2D eigenvalue weighted by atomic mass is 15.1. The second-order valence-corrected chi connectivity index (χ2v) is 8.05. The molecule has 2 heteroatoms. The van der Waals surface area contributed by atoms with Crippen LogP contribution in [0.4, 0.5) is 0 Å². The van der Waals surface area contributed by atoms with E-state index in [2.05, 4.69) is 40.3 Å². The molecule has 1 aromatic heterocycles. The van der Waals surface area contributed by atoms with Gasteiger partial charge in [-0.1, -0.05) is 56.7 Å². The third kappa shape index (κ3) is 3.69. The number of hydrogen-bond donors (Lipinski definition) is 1. The fraction of sp³-hybridized carbons (Fsp3) is 0.636. The number of benzene rings is 1. The first-order valence-corrected chi connectivity index (χ1v) is 10.2. The minimum Gasteiger partial charge on any atom is -0.361 e. The molecule has 2 fully saturated rings. The molecule has 1 aliphatic carbocycles. The Bertz CT molecular complexity index is 628. The van der Waals surface area contributed by atoms with Crippen molar-refractivity contribution in [2.24, 2.45) is 5.92 Å². The van der Waals surface area contributed by atoms with Crippen LogP contribution in [0.5, 0.6) is 0 Å². The highest BCUT2D eigenvalue weighted by Crippen LogP contribution is 2.33. The van der Waals surface area contributed by atoms with Gasteiger partial charge in [0.2, 0.25) is 0 Å². The molecule has 1 saturated carbocycles. The molecule has 2 aromatic rings. The third-order valence-corrected chi connectivity index (χ3v) is 6.48. The van der Waals surface area contributed by atoms with Crippen LogP contribution in [0.3, 0.4) is 0 Å². The summed E-state index contributed by atoms with van der Waals surface area (Å²) in [6.07, 6.45) is 15.3. The van der Waals surface area contributed by atoms with Crippen molar-refractivity contribution in [3.05, 3.63) is 36.0 Å².